The highest BCUT2D eigenvalue weighted by Gasteiger charge is 2.15. The Morgan fingerprint density at radius 3 is 2.71 bits per heavy atom. The van der Waals surface area contributed by atoms with Crippen LogP contribution in [0.15, 0.2) is 18.2 Å². The molecule has 0 aliphatic heterocycles. The monoisotopic (exact) mass is 239 g/mol. The molecule has 0 amide bonds. The van der Waals surface area contributed by atoms with Crippen molar-refractivity contribution in [1.29, 1.82) is 0 Å². The van der Waals surface area contributed by atoms with Gasteiger partial charge in [-0.15, -0.1) is 0 Å². The molecular formula is C14H22FNO. The summed E-state index contributed by atoms with van der Waals surface area (Å²) in [6.07, 6.45) is 1.07. The number of nitrogens with one attached hydrogen (secondary N) is 1. The van der Waals surface area contributed by atoms with Crippen LogP contribution in [0.4, 0.5) is 4.39 Å². The summed E-state index contributed by atoms with van der Waals surface area (Å²) in [5, 5.41) is 3.21. The van der Waals surface area contributed by atoms with E-state index in [1.54, 1.807) is 19.1 Å². The molecule has 0 heterocycles. The highest BCUT2D eigenvalue weighted by molar-refractivity contribution is 5.30. The van der Waals surface area contributed by atoms with Crippen LogP contribution in [0.25, 0.3) is 0 Å². The molecule has 0 fully saturated rings. The molecule has 96 valence electrons. The number of ether oxygens (including phenoxy) is 1. The minimum Gasteiger partial charge on any atom is -0.489 e. The van der Waals surface area contributed by atoms with Crippen molar-refractivity contribution in [3.05, 3.63) is 29.6 Å². The van der Waals surface area contributed by atoms with Gasteiger partial charge in [0.05, 0.1) is 0 Å². The fourth-order valence-electron chi connectivity index (χ4n) is 1.73. The number of benzene rings is 1. The van der Waals surface area contributed by atoms with E-state index in [0.717, 1.165) is 6.42 Å². The molecule has 0 aliphatic rings. The molecule has 3 heteroatoms. The number of rotatable bonds is 6. The Bertz CT molecular complexity index is 354. The van der Waals surface area contributed by atoms with Gasteiger partial charge < -0.3 is 10.1 Å². The molecule has 0 aliphatic carbocycles. The van der Waals surface area contributed by atoms with Gasteiger partial charge in [0, 0.05) is 6.04 Å². The Kier molecular flexibility index (Phi) is 5.42. The van der Waals surface area contributed by atoms with Gasteiger partial charge in [-0.1, -0.05) is 32.4 Å². The van der Waals surface area contributed by atoms with Crippen LogP contribution in [0.1, 0.15) is 25.8 Å². The van der Waals surface area contributed by atoms with Crippen molar-refractivity contribution < 1.29 is 9.13 Å². The maximum absolute atomic E-state index is 13.7. The van der Waals surface area contributed by atoms with Gasteiger partial charge in [0.1, 0.15) is 6.61 Å². The van der Waals surface area contributed by atoms with E-state index in [1.807, 2.05) is 13.1 Å². The van der Waals surface area contributed by atoms with Crippen LogP contribution in [-0.2, 0) is 0 Å². The topological polar surface area (TPSA) is 21.3 Å². The van der Waals surface area contributed by atoms with E-state index in [4.69, 9.17) is 4.74 Å². The van der Waals surface area contributed by atoms with Crippen LogP contribution in [0.3, 0.4) is 0 Å². The molecule has 2 nitrogen and oxygen atoms in total. The summed E-state index contributed by atoms with van der Waals surface area (Å²) in [6, 6.07) is 5.48. The van der Waals surface area contributed by atoms with Gasteiger partial charge >= 0.3 is 0 Å². The Hall–Kier alpha value is -1.09. The van der Waals surface area contributed by atoms with Crippen molar-refractivity contribution in [2.45, 2.75) is 33.2 Å². The average molecular weight is 239 g/mol. The van der Waals surface area contributed by atoms with E-state index in [-0.39, 0.29) is 11.9 Å². The molecule has 2 unspecified atom stereocenters. The van der Waals surface area contributed by atoms with Crippen molar-refractivity contribution in [2.75, 3.05) is 13.7 Å². The average Bonchev–Trinajstić information content (AvgIpc) is 2.34. The van der Waals surface area contributed by atoms with E-state index in [1.165, 1.54) is 0 Å². The first kappa shape index (κ1) is 14.0. The van der Waals surface area contributed by atoms with Gasteiger partial charge in [-0.05, 0) is 31.5 Å². The summed E-state index contributed by atoms with van der Waals surface area (Å²) < 4.78 is 19.2. The second-order valence-electron chi connectivity index (χ2n) is 4.48. The third-order valence-corrected chi connectivity index (χ3v) is 3.28. The van der Waals surface area contributed by atoms with Crippen molar-refractivity contribution in [1.82, 2.24) is 5.32 Å². The van der Waals surface area contributed by atoms with Gasteiger partial charge in [0.2, 0.25) is 0 Å². The summed E-state index contributed by atoms with van der Waals surface area (Å²) >= 11 is 0. The van der Waals surface area contributed by atoms with Crippen LogP contribution < -0.4 is 10.1 Å². The zero-order valence-corrected chi connectivity index (χ0v) is 11.1. The highest BCUT2D eigenvalue weighted by Crippen LogP contribution is 2.20. The quantitative estimate of drug-likeness (QED) is 0.823. The molecule has 0 saturated heterocycles. The molecule has 1 rings (SSSR count). The summed E-state index contributed by atoms with van der Waals surface area (Å²) in [6.45, 7) is 6.54. The SMILES string of the molecule is CCC(C)C(COc1cccc(C)c1F)NC. The maximum Gasteiger partial charge on any atom is 0.167 e. The Morgan fingerprint density at radius 2 is 2.12 bits per heavy atom. The summed E-state index contributed by atoms with van der Waals surface area (Å²) in [5.74, 6) is 0.591. The van der Waals surface area contributed by atoms with Crippen molar-refractivity contribution in [3.63, 3.8) is 0 Å². The summed E-state index contributed by atoms with van der Waals surface area (Å²) in [5.41, 5.74) is 0.618. The zero-order valence-electron chi connectivity index (χ0n) is 11.1. The molecule has 2 atom stereocenters. The van der Waals surface area contributed by atoms with E-state index < -0.39 is 0 Å². The summed E-state index contributed by atoms with van der Waals surface area (Å²) in [7, 11) is 1.91. The highest BCUT2D eigenvalue weighted by atomic mass is 19.1. The van der Waals surface area contributed by atoms with Gasteiger partial charge in [0.15, 0.2) is 11.6 Å². The van der Waals surface area contributed by atoms with E-state index >= 15 is 0 Å². The predicted molar refractivity (Wildman–Crippen MR) is 68.9 cm³/mol. The van der Waals surface area contributed by atoms with Gasteiger partial charge in [-0.25, -0.2) is 4.39 Å². The lowest BCUT2D eigenvalue weighted by molar-refractivity contribution is 0.220. The molecule has 0 saturated carbocycles. The lowest BCUT2D eigenvalue weighted by atomic mass is 10.0. The summed E-state index contributed by atoms with van der Waals surface area (Å²) in [4.78, 5) is 0. The number of likely N-dealkylation sites (N-methyl/N-ethyl adjacent to an activating group) is 1. The van der Waals surface area contributed by atoms with Gasteiger partial charge in [0.25, 0.3) is 0 Å². The molecular weight excluding hydrogens is 217 g/mol. The number of hydrogen-bond acceptors (Lipinski definition) is 2. The Morgan fingerprint density at radius 1 is 1.41 bits per heavy atom. The fraction of sp³-hybridized carbons (Fsp3) is 0.571. The van der Waals surface area contributed by atoms with Crippen LogP contribution in [0.5, 0.6) is 5.75 Å². The van der Waals surface area contributed by atoms with Crippen molar-refractivity contribution in [2.24, 2.45) is 5.92 Å². The number of halogens is 1. The third-order valence-electron chi connectivity index (χ3n) is 3.28. The van der Waals surface area contributed by atoms with Crippen LogP contribution in [0.2, 0.25) is 0 Å². The molecule has 1 N–H and O–H groups in total. The second kappa shape index (κ2) is 6.60. The van der Waals surface area contributed by atoms with E-state index in [2.05, 4.69) is 19.2 Å². The minimum absolute atomic E-state index is 0.250. The smallest absolute Gasteiger partial charge is 0.167 e. The van der Waals surface area contributed by atoms with Gasteiger partial charge in [-0.3, -0.25) is 0 Å². The number of aryl methyl sites for hydroxylation is 1. The Labute approximate surface area is 103 Å². The third kappa shape index (κ3) is 3.70. The molecule has 1 aromatic carbocycles. The largest absolute Gasteiger partial charge is 0.489 e. The molecule has 17 heavy (non-hydrogen) atoms. The first-order valence-corrected chi connectivity index (χ1v) is 6.15. The second-order valence-corrected chi connectivity index (χ2v) is 4.48. The molecule has 0 aromatic heterocycles. The Balaban J connectivity index is 2.63. The van der Waals surface area contributed by atoms with Crippen molar-refractivity contribution >= 4 is 0 Å². The van der Waals surface area contributed by atoms with Crippen LogP contribution >= 0.6 is 0 Å². The molecule has 0 radical (unpaired) electrons. The standard InChI is InChI=1S/C14H22FNO/c1-5-10(2)12(16-4)9-17-13-8-6-7-11(3)14(13)15/h6-8,10,12,16H,5,9H2,1-4H3. The number of hydrogen-bond donors (Lipinski definition) is 1. The first-order valence-electron chi connectivity index (χ1n) is 6.15. The normalized spacial score (nSPS) is 14.4. The predicted octanol–water partition coefficient (Wildman–Crippen LogP) is 3.15. The van der Waals surface area contributed by atoms with Crippen molar-refractivity contribution in [3.8, 4) is 5.75 Å². The van der Waals surface area contributed by atoms with Gasteiger partial charge in [-0.2, -0.15) is 0 Å². The maximum atomic E-state index is 13.7. The fourth-order valence-corrected chi connectivity index (χ4v) is 1.73. The molecule has 0 bridgehead atoms. The van der Waals surface area contributed by atoms with E-state index in [0.29, 0.717) is 23.8 Å². The molecule has 1 aromatic rings. The lowest BCUT2D eigenvalue weighted by Gasteiger charge is -2.22. The first-order chi connectivity index (χ1) is 8.10. The van der Waals surface area contributed by atoms with E-state index in [9.17, 15) is 4.39 Å². The molecule has 0 spiro atoms. The minimum atomic E-state index is -0.258. The zero-order chi connectivity index (χ0) is 12.8. The van der Waals surface area contributed by atoms with Crippen LogP contribution in [0, 0.1) is 18.7 Å². The van der Waals surface area contributed by atoms with Crippen LogP contribution in [-0.4, -0.2) is 19.7 Å². The lowest BCUT2D eigenvalue weighted by Crippen LogP contribution is -2.37.